The van der Waals surface area contributed by atoms with Crippen LogP contribution >= 0.6 is 12.2 Å². The molecule has 0 radical (unpaired) electrons. The molecule has 0 atom stereocenters. The Balaban J connectivity index is 0. The molecule has 4 heteroatoms. The third kappa shape index (κ3) is 8.85. The molecule has 0 fully saturated rings. The minimum atomic E-state index is 0. The molecule has 0 aliphatic rings. The summed E-state index contributed by atoms with van der Waals surface area (Å²) >= 11 is 4.25. The number of methoxy groups -OCH3 is 1. The zero-order valence-corrected chi connectivity index (χ0v) is 7.38. The summed E-state index contributed by atoms with van der Waals surface area (Å²) < 4.78 is 4.26. The Kier molecular flexibility index (Phi) is 8.48. The maximum atomic E-state index is 4.80. The predicted octanol–water partition coefficient (Wildman–Crippen LogP) is -0.126. The molecule has 0 aromatic heterocycles. The molecule has 0 aromatic carbocycles. The van der Waals surface area contributed by atoms with E-state index in [1.54, 1.807) is 0 Å². The van der Waals surface area contributed by atoms with Crippen LogP contribution in [0.25, 0.3) is 0 Å². The topological polar surface area (TPSA) is 35.2 Å². The van der Waals surface area contributed by atoms with E-state index in [4.69, 9.17) is 5.73 Å². The average molecular weight is 157 g/mol. The Labute approximate surface area is 54.8 Å². The molecule has 0 saturated heterocycles. The summed E-state index contributed by atoms with van der Waals surface area (Å²) in [7, 11) is 1.43. The fourth-order valence-electron chi connectivity index (χ4n) is 0. The first-order chi connectivity index (χ1) is 2.27. The SMILES string of the molecule is COC(N)=S.[Zn]. The molecule has 2 nitrogen and oxygen atoms in total. The molecule has 0 heterocycles. The number of hydrogen-bond acceptors (Lipinski definition) is 2. The minimum Gasteiger partial charge on any atom is -0.475 e. The molecule has 0 aliphatic heterocycles. The first kappa shape index (κ1) is 9.58. The van der Waals surface area contributed by atoms with Crippen molar-refractivity contribution < 1.29 is 24.2 Å². The van der Waals surface area contributed by atoms with Gasteiger partial charge in [-0.2, -0.15) is 0 Å². The van der Waals surface area contributed by atoms with E-state index in [1.165, 1.54) is 7.11 Å². The van der Waals surface area contributed by atoms with Crippen molar-refractivity contribution in [2.45, 2.75) is 0 Å². The van der Waals surface area contributed by atoms with Crippen molar-refractivity contribution >= 4 is 17.4 Å². The summed E-state index contributed by atoms with van der Waals surface area (Å²) in [5.41, 5.74) is 4.80. The summed E-state index contributed by atoms with van der Waals surface area (Å²) in [5, 5.41) is 0.0880. The zero-order valence-electron chi connectivity index (χ0n) is 3.60. The van der Waals surface area contributed by atoms with Gasteiger partial charge in [0.25, 0.3) is 5.17 Å². The number of ether oxygens (including phenoxy) is 1. The Morgan fingerprint density at radius 1 is 1.83 bits per heavy atom. The molecule has 0 aromatic rings. The third-order valence-electron chi connectivity index (χ3n) is 0.201. The molecule has 0 unspecified atom stereocenters. The van der Waals surface area contributed by atoms with E-state index in [1.807, 2.05) is 0 Å². The molecular weight excluding hydrogens is 151 g/mol. The van der Waals surface area contributed by atoms with Gasteiger partial charge in [-0.25, -0.2) is 0 Å². The first-order valence-electron chi connectivity index (χ1n) is 1.11. The van der Waals surface area contributed by atoms with Crippen LogP contribution in [-0.4, -0.2) is 12.3 Å². The van der Waals surface area contributed by atoms with Crippen molar-refractivity contribution in [3.05, 3.63) is 0 Å². The van der Waals surface area contributed by atoms with Gasteiger partial charge in [-0.05, 0) is 12.2 Å². The van der Waals surface area contributed by atoms with Gasteiger partial charge in [-0.15, -0.1) is 0 Å². The van der Waals surface area contributed by atoms with E-state index in [0.717, 1.165) is 0 Å². The van der Waals surface area contributed by atoms with E-state index in [-0.39, 0.29) is 24.7 Å². The second kappa shape index (κ2) is 5.31. The van der Waals surface area contributed by atoms with Gasteiger partial charge >= 0.3 is 0 Å². The minimum absolute atomic E-state index is 0. The summed E-state index contributed by atoms with van der Waals surface area (Å²) in [6.45, 7) is 0. The molecule has 0 saturated carbocycles. The van der Waals surface area contributed by atoms with Crippen molar-refractivity contribution in [2.75, 3.05) is 7.11 Å². The van der Waals surface area contributed by atoms with E-state index < -0.39 is 0 Å². The average Bonchev–Trinajstić information content (AvgIpc) is 1.38. The van der Waals surface area contributed by atoms with Gasteiger partial charge in [0.1, 0.15) is 0 Å². The number of rotatable bonds is 0. The molecular formula is C2H5NOSZn. The van der Waals surface area contributed by atoms with Crippen LogP contribution in [0.15, 0.2) is 0 Å². The summed E-state index contributed by atoms with van der Waals surface area (Å²) in [5.74, 6) is 0. The van der Waals surface area contributed by atoms with Crippen LogP contribution in [0.4, 0.5) is 0 Å². The van der Waals surface area contributed by atoms with E-state index in [9.17, 15) is 0 Å². The standard InChI is InChI=1S/C2H5NOS.Zn/c1-4-2(3)5;/h1H3,(H2,3,5);. The van der Waals surface area contributed by atoms with Crippen molar-refractivity contribution in [3.8, 4) is 0 Å². The van der Waals surface area contributed by atoms with E-state index in [2.05, 4.69) is 17.0 Å². The van der Waals surface area contributed by atoms with Gasteiger partial charge in [-0.3, -0.25) is 0 Å². The predicted molar refractivity (Wildman–Crippen MR) is 23.8 cm³/mol. The van der Waals surface area contributed by atoms with E-state index >= 15 is 0 Å². The fourth-order valence-corrected chi connectivity index (χ4v) is 0. The van der Waals surface area contributed by atoms with Crippen molar-refractivity contribution in [2.24, 2.45) is 5.73 Å². The van der Waals surface area contributed by atoms with Crippen LogP contribution in [-0.2, 0) is 24.2 Å². The van der Waals surface area contributed by atoms with Gasteiger partial charge in [0.05, 0.1) is 7.11 Å². The normalized spacial score (nSPS) is 5.50. The van der Waals surface area contributed by atoms with Crippen molar-refractivity contribution in [3.63, 3.8) is 0 Å². The molecule has 0 aliphatic carbocycles. The molecule has 2 N–H and O–H groups in total. The Hall–Kier alpha value is 0.313. The summed E-state index contributed by atoms with van der Waals surface area (Å²) in [6, 6.07) is 0. The van der Waals surface area contributed by atoms with Gasteiger partial charge in [0.2, 0.25) is 0 Å². The van der Waals surface area contributed by atoms with Crippen LogP contribution in [0.2, 0.25) is 0 Å². The Morgan fingerprint density at radius 3 is 2.00 bits per heavy atom. The maximum Gasteiger partial charge on any atom is 0.253 e. The van der Waals surface area contributed by atoms with Crippen LogP contribution in [0.5, 0.6) is 0 Å². The molecule has 0 rings (SSSR count). The summed E-state index contributed by atoms with van der Waals surface area (Å²) in [4.78, 5) is 0. The Bertz CT molecular complexity index is 48.8. The van der Waals surface area contributed by atoms with Crippen LogP contribution in [0, 0.1) is 0 Å². The fraction of sp³-hybridized carbons (Fsp3) is 0.500. The van der Waals surface area contributed by atoms with Crippen molar-refractivity contribution in [1.29, 1.82) is 0 Å². The smallest absolute Gasteiger partial charge is 0.253 e. The Morgan fingerprint density at radius 2 is 2.00 bits per heavy atom. The largest absolute Gasteiger partial charge is 0.475 e. The second-order valence-electron chi connectivity index (χ2n) is 0.523. The number of thiocarbonyl (C=S) groups is 1. The van der Waals surface area contributed by atoms with Gasteiger partial charge in [0.15, 0.2) is 0 Å². The maximum absolute atomic E-state index is 4.80. The molecule has 0 bridgehead atoms. The quantitative estimate of drug-likeness (QED) is 0.392. The summed E-state index contributed by atoms with van der Waals surface area (Å²) in [6.07, 6.45) is 0. The van der Waals surface area contributed by atoms with E-state index in [0.29, 0.717) is 0 Å². The molecule has 32 valence electrons. The number of hydrogen-bond donors (Lipinski definition) is 1. The number of nitrogens with two attached hydrogens (primary N) is 1. The van der Waals surface area contributed by atoms with Gasteiger partial charge < -0.3 is 10.5 Å². The molecule has 0 amide bonds. The van der Waals surface area contributed by atoms with Gasteiger partial charge in [-0.1, -0.05) is 0 Å². The second-order valence-corrected chi connectivity index (χ2v) is 0.926. The monoisotopic (exact) mass is 155 g/mol. The third-order valence-corrected chi connectivity index (χ3v) is 0.368. The van der Waals surface area contributed by atoms with Gasteiger partial charge in [0, 0.05) is 19.5 Å². The molecule has 0 spiro atoms. The van der Waals surface area contributed by atoms with Crippen LogP contribution in [0.3, 0.4) is 0 Å². The van der Waals surface area contributed by atoms with Crippen molar-refractivity contribution in [1.82, 2.24) is 0 Å². The van der Waals surface area contributed by atoms with Crippen LogP contribution in [0.1, 0.15) is 0 Å². The van der Waals surface area contributed by atoms with Crippen LogP contribution < -0.4 is 5.73 Å². The first-order valence-corrected chi connectivity index (χ1v) is 1.51. The zero-order chi connectivity index (χ0) is 4.28. The molecule has 6 heavy (non-hydrogen) atoms.